The number of ether oxygens (including phenoxy) is 2. The highest BCUT2D eigenvalue weighted by molar-refractivity contribution is 5.55. The largest absolute Gasteiger partial charge is 0.489 e. The van der Waals surface area contributed by atoms with Crippen molar-refractivity contribution in [2.75, 3.05) is 23.8 Å². The summed E-state index contributed by atoms with van der Waals surface area (Å²) >= 11 is 0. The van der Waals surface area contributed by atoms with E-state index in [1.807, 2.05) is 60.7 Å². The van der Waals surface area contributed by atoms with Crippen molar-refractivity contribution in [1.29, 1.82) is 0 Å². The SMILES string of the molecule is c1ccc(COc2ccc(Nc3nccc(NCC4CCCO4)n3)cc2)cc1. The molecular formula is C22H24N4O2. The molecule has 6 nitrogen and oxygen atoms in total. The van der Waals surface area contributed by atoms with Crippen molar-refractivity contribution in [2.45, 2.75) is 25.6 Å². The molecule has 1 atom stereocenters. The van der Waals surface area contributed by atoms with Gasteiger partial charge in [-0.1, -0.05) is 30.3 Å². The van der Waals surface area contributed by atoms with Gasteiger partial charge in [-0.05, 0) is 48.7 Å². The van der Waals surface area contributed by atoms with Gasteiger partial charge in [0.25, 0.3) is 0 Å². The molecule has 1 aliphatic heterocycles. The third-order valence-electron chi connectivity index (χ3n) is 4.55. The molecule has 1 aliphatic rings. The van der Waals surface area contributed by atoms with E-state index in [1.54, 1.807) is 6.20 Å². The Balaban J connectivity index is 1.30. The monoisotopic (exact) mass is 376 g/mol. The number of anilines is 3. The van der Waals surface area contributed by atoms with Crippen LogP contribution >= 0.6 is 0 Å². The molecule has 0 spiro atoms. The van der Waals surface area contributed by atoms with E-state index in [9.17, 15) is 0 Å². The van der Waals surface area contributed by atoms with Crippen LogP contribution in [0.2, 0.25) is 0 Å². The number of benzene rings is 2. The van der Waals surface area contributed by atoms with Gasteiger partial charge in [0.1, 0.15) is 18.2 Å². The van der Waals surface area contributed by atoms with E-state index in [-0.39, 0.29) is 6.10 Å². The van der Waals surface area contributed by atoms with E-state index >= 15 is 0 Å². The Morgan fingerprint density at radius 3 is 2.68 bits per heavy atom. The fourth-order valence-electron chi connectivity index (χ4n) is 3.05. The van der Waals surface area contributed by atoms with Crippen molar-refractivity contribution in [3.8, 4) is 5.75 Å². The maximum absolute atomic E-state index is 5.82. The molecule has 0 bridgehead atoms. The van der Waals surface area contributed by atoms with Crippen LogP contribution in [-0.2, 0) is 11.3 Å². The molecule has 144 valence electrons. The molecule has 2 heterocycles. The summed E-state index contributed by atoms with van der Waals surface area (Å²) in [6.07, 6.45) is 4.25. The number of hydrogen-bond donors (Lipinski definition) is 2. The summed E-state index contributed by atoms with van der Waals surface area (Å²) in [5.74, 6) is 2.16. The first kappa shape index (κ1) is 18.3. The zero-order valence-electron chi connectivity index (χ0n) is 15.7. The molecule has 1 fully saturated rings. The van der Waals surface area contributed by atoms with Crippen LogP contribution in [-0.4, -0.2) is 29.2 Å². The molecule has 0 aliphatic carbocycles. The predicted octanol–water partition coefficient (Wildman–Crippen LogP) is 4.39. The van der Waals surface area contributed by atoms with Gasteiger partial charge >= 0.3 is 0 Å². The highest BCUT2D eigenvalue weighted by Crippen LogP contribution is 2.20. The molecule has 0 amide bonds. The van der Waals surface area contributed by atoms with E-state index in [0.717, 1.165) is 48.8 Å². The second-order valence-electron chi connectivity index (χ2n) is 6.71. The minimum absolute atomic E-state index is 0.273. The van der Waals surface area contributed by atoms with Gasteiger partial charge in [0, 0.05) is 25.0 Å². The summed E-state index contributed by atoms with van der Waals surface area (Å²) in [5.41, 5.74) is 2.05. The van der Waals surface area contributed by atoms with Gasteiger partial charge in [0.15, 0.2) is 0 Å². The molecule has 0 saturated carbocycles. The molecular weight excluding hydrogens is 352 g/mol. The Kier molecular flexibility index (Phi) is 5.99. The fraction of sp³-hybridized carbons (Fsp3) is 0.273. The van der Waals surface area contributed by atoms with Crippen molar-refractivity contribution in [3.05, 3.63) is 72.4 Å². The maximum Gasteiger partial charge on any atom is 0.229 e. The zero-order chi connectivity index (χ0) is 19.0. The first-order valence-electron chi connectivity index (χ1n) is 9.57. The molecule has 1 unspecified atom stereocenters. The highest BCUT2D eigenvalue weighted by Gasteiger charge is 2.15. The lowest BCUT2D eigenvalue weighted by Crippen LogP contribution is -2.19. The van der Waals surface area contributed by atoms with Crippen LogP contribution in [0.3, 0.4) is 0 Å². The lowest BCUT2D eigenvalue weighted by molar-refractivity contribution is 0.120. The molecule has 2 aromatic carbocycles. The first-order chi connectivity index (χ1) is 13.8. The Hall–Kier alpha value is -3.12. The Morgan fingerprint density at radius 2 is 1.89 bits per heavy atom. The van der Waals surface area contributed by atoms with Gasteiger partial charge in [-0.2, -0.15) is 4.98 Å². The van der Waals surface area contributed by atoms with E-state index < -0.39 is 0 Å². The number of hydrogen-bond acceptors (Lipinski definition) is 6. The lowest BCUT2D eigenvalue weighted by Gasteiger charge is -2.12. The third-order valence-corrected chi connectivity index (χ3v) is 4.55. The number of aromatic nitrogens is 2. The summed E-state index contributed by atoms with van der Waals surface area (Å²) in [4.78, 5) is 8.80. The molecule has 6 heteroatoms. The smallest absolute Gasteiger partial charge is 0.229 e. The summed E-state index contributed by atoms with van der Waals surface area (Å²) < 4.78 is 11.4. The van der Waals surface area contributed by atoms with E-state index in [2.05, 4.69) is 20.6 Å². The maximum atomic E-state index is 5.82. The van der Waals surface area contributed by atoms with Crippen molar-refractivity contribution in [1.82, 2.24) is 9.97 Å². The number of nitrogens with one attached hydrogen (secondary N) is 2. The summed E-state index contributed by atoms with van der Waals surface area (Å²) in [7, 11) is 0. The molecule has 3 aromatic rings. The number of rotatable bonds is 8. The lowest BCUT2D eigenvalue weighted by atomic mass is 10.2. The average molecular weight is 376 g/mol. The molecule has 1 saturated heterocycles. The van der Waals surface area contributed by atoms with Gasteiger partial charge < -0.3 is 20.1 Å². The van der Waals surface area contributed by atoms with Crippen molar-refractivity contribution >= 4 is 17.5 Å². The first-order valence-corrected chi connectivity index (χ1v) is 9.57. The van der Waals surface area contributed by atoms with Crippen molar-refractivity contribution in [2.24, 2.45) is 0 Å². The number of nitrogens with zero attached hydrogens (tertiary/aromatic N) is 2. The second kappa shape index (κ2) is 9.19. The summed E-state index contributed by atoms with van der Waals surface area (Å²) in [5, 5.41) is 6.54. The molecule has 1 aromatic heterocycles. The van der Waals surface area contributed by atoms with Crippen LogP contribution in [0.5, 0.6) is 5.75 Å². The quantitative estimate of drug-likeness (QED) is 0.608. The average Bonchev–Trinajstić information content (AvgIpc) is 3.27. The standard InChI is InChI=1S/C22H24N4O2/c1-2-5-17(6-3-1)16-28-19-10-8-18(9-11-19)25-22-23-13-12-21(26-22)24-15-20-7-4-14-27-20/h1-3,5-6,8-13,20H,4,7,14-16H2,(H2,23,24,25,26). The molecule has 0 radical (unpaired) electrons. The Morgan fingerprint density at radius 1 is 1.04 bits per heavy atom. The molecule has 28 heavy (non-hydrogen) atoms. The van der Waals surface area contributed by atoms with Gasteiger partial charge in [0.05, 0.1) is 6.10 Å². The van der Waals surface area contributed by atoms with E-state index in [1.165, 1.54) is 0 Å². The van der Waals surface area contributed by atoms with Gasteiger partial charge in [-0.15, -0.1) is 0 Å². The van der Waals surface area contributed by atoms with Gasteiger partial charge in [-0.3, -0.25) is 0 Å². The fourth-order valence-corrected chi connectivity index (χ4v) is 3.05. The minimum Gasteiger partial charge on any atom is -0.489 e. The van der Waals surface area contributed by atoms with E-state index in [0.29, 0.717) is 12.6 Å². The van der Waals surface area contributed by atoms with Crippen LogP contribution in [0.4, 0.5) is 17.5 Å². The second-order valence-corrected chi connectivity index (χ2v) is 6.71. The highest BCUT2D eigenvalue weighted by atomic mass is 16.5. The van der Waals surface area contributed by atoms with Crippen LogP contribution in [0.1, 0.15) is 18.4 Å². The van der Waals surface area contributed by atoms with Gasteiger partial charge in [0.2, 0.25) is 5.95 Å². The summed E-state index contributed by atoms with van der Waals surface area (Å²) in [6.45, 7) is 2.17. The predicted molar refractivity (Wildman–Crippen MR) is 110 cm³/mol. The van der Waals surface area contributed by atoms with Gasteiger partial charge in [-0.25, -0.2) is 4.98 Å². The Bertz CT molecular complexity index is 865. The van der Waals surface area contributed by atoms with Crippen molar-refractivity contribution < 1.29 is 9.47 Å². The normalized spacial score (nSPS) is 15.9. The third kappa shape index (κ3) is 5.20. The van der Waals surface area contributed by atoms with Crippen LogP contribution in [0.15, 0.2) is 66.9 Å². The van der Waals surface area contributed by atoms with Crippen LogP contribution in [0, 0.1) is 0 Å². The van der Waals surface area contributed by atoms with Crippen LogP contribution in [0.25, 0.3) is 0 Å². The van der Waals surface area contributed by atoms with E-state index in [4.69, 9.17) is 9.47 Å². The topological polar surface area (TPSA) is 68.3 Å². The summed E-state index contributed by atoms with van der Waals surface area (Å²) in [6, 6.07) is 19.8. The minimum atomic E-state index is 0.273. The zero-order valence-corrected chi connectivity index (χ0v) is 15.7. The van der Waals surface area contributed by atoms with Crippen LogP contribution < -0.4 is 15.4 Å². The molecule has 4 rings (SSSR count). The van der Waals surface area contributed by atoms with Crippen molar-refractivity contribution in [3.63, 3.8) is 0 Å². The molecule has 2 N–H and O–H groups in total. The Labute approximate surface area is 164 Å².